The van der Waals surface area contributed by atoms with E-state index in [0.717, 1.165) is 5.56 Å². The van der Waals surface area contributed by atoms with Crippen molar-refractivity contribution in [3.8, 4) is 28.6 Å². The van der Waals surface area contributed by atoms with Gasteiger partial charge in [0.15, 0.2) is 23.9 Å². The summed E-state index contributed by atoms with van der Waals surface area (Å²) >= 11 is 0. The van der Waals surface area contributed by atoms with Crippen LogP contribution in [0, 0.1) is 6.92 Å². The Morgan fingerprint density at radius 2 is 1.81 bits per heavy atom. The molecule has 1 aromatic heterocycles. The zero-order chi connectivity index (χ0) is 19.6. The van der Waals surface area contributed by atoms with Crippen LogP contribution in [0.15, 0.2) is 45.6 Å². The van der Waals surface area contributed by atoms with Crippen molar-refractivity contribution < 1.29 is 28.5 Å². The van der Waals surface area contributed by atoms with Gasteiger partial charge in [0.25, 0.3) is 0 Å². The highest BCUT2D eigenvalue weighted by Gasteiger charge is 2.20. The molecule has 7 nitrogen and oxygen atoms in total. The fourth-order valence-electron chi connectivity index (χ4n) is 2.72. The number of benzene rings is 2. The Labute approximate surface area is 154 Å². The molecule has 0 unspecified atom stereocenters. The summed E-state index contributed by atoms with van der Waals surface area (Å²) in [6.07, 6.45) is 0. The zero-order valence-electron chi connectivity index (χ0n) is 15.1. The number of aryl methyl sites for hydroxylation is 1. The lowest BCUT2D eigenvalue weighted by molar-refractivity contribution is -0.139. The number of fused-ring (bicyclic) bond motifs is 1. The SMILES string of the molecule is COc1ccc(-c2oc3cc(C)ccc3c(=O)c2OCC(=O)O)cc1OC. The fourth-order valence-corrected chi connectivity index (χ4v) is 2.72. The van der Waals surface area contributed by atoms with E-state index in [9.17, 15) is 9.59 Å². The Morgan fingerprint density at radius 3 is 2.48 bits per heavy atom. The topological polar surface area (TPSA) is 95.2 Å². The molecule has 0 aliphatic rings. The minimum absolute atomic E-state index is 0.125. The molecule has 3 aromatic rings. The number of carboxylic acids is 1. The third kappa shape index (κ3) is 3.57. The van der Waals surface area contributed by atoms with Crippen LogP contribution in [-0.2, 0) is 4.79 Å². The Balaban J connectivity index is 2.27. The molecule has 0 saturated heterocycles. The van der Waals surface area contributed by atoms with Gasteiger partial charge in [-0.05, 0) is 42.8 Å². The number of rotatable bonds is 6. The van der Waals surface area contributed by atoms with Crippen LogP contribution < -0.4 is 19.6 Å². The molecule has 0 bridgehead atoms. The second-order valence-corrected chi connectivity index (χ2v) is 5.84. The number of hydrogen-bond acceptors (Lipinski definition) is 6. The van der Waals surface area contributed by atoms with Crippen molar-refractivity contribution in [2.24, 2.45) is 0 Å². The van der Waals surface area contributed by atoms with Crippen molar-refractivity contribution in [3.63, 3.8) is 0 Å². The van der Waals surface area contributed by atoms with Gasteiger partial charge in [0.05, 0.1) is 19.6 Å². The molecule has 0 atom stereocenters. The lowest BCUT2D eigenvalue weighted by Crippen LogP contribution is -2.16. The lowest BCUT2D eigenvalue weighted by atomic mass is 10.1. The molecule has 0 radical (unpaired) electrons. The molecule has 0 fully saturated rings. The van der Waals surface area contributed by atoms with Gasteiger partial charge in [0.1, 0.15) is 5.58 Å². The molecule has 7 heteroatoms. The molecule has 1 N–H and O–H groups in total. The first-order valence-electron chi connectivity index (χ1n) is 8.09. The predicted molar refractivity (Wildman–Crippen MR) is 98.9 cm³/mol. The zero-order valence-corrected chi connectivity index (χ0v) is 15.1. The molecule has 0 amide bonds. The average molecular weight is 370 g/mol. The number of carbonyl (C=O) groups is 1. The molecule has 1 heterocycles. The maximum absolute atomic E-state index is 12.9. The maximum atomic E-state index is 12.9. The number of ether oxygens (including phenoxy) is 3. The summed E-state index contributed by atoms with van der Waals surface area (Å²) < 4.78 is 21.7. The second kappa shape index (κ2) is 7.41. The van der Waals surface area contributed by atoms with Gasteiger partial charge in [0, 0.05) is 5.56 Å². The van der Waals surface area contributed by atoms with Crippen LogP contribution >= 0.6 is 0 Å². The highest BCUT2D eigenvalue weighted by molar-refractivity contribution is 5.83. The molecule has 0 aliphatic carbocycles. The summed E-state index contributed by atoms with van der Waals surface area (Å²) in [5.74, 6) is -0.294. The molecule has 2 aromatic carbocycles. The molecule has 0 spiro atoms. The highest BCUT2D eigenvalue weighted by atomic mass is 16.5. The summed E-state index contributed by atoms with van der Waals surface area (Å²) in [6, 6.07) is 10.1. The van der Waals surface area contributed by atoms with E-state index in [0.29, 0.717) is 28.0 Å². The quantitative estimate of drug-likeness (QED) is 0.711. The summed E-state index contributed by atoms with van der Waals surface area (Å²) in [5, 5.41) is 9.24. The van der Waals surface area contributed by atoms with Gasteiger partial charge in [-0.1, -0.05) is 6.07 Å². The first-order chi connectivity index (χ1) is 12.9. The maximum Gasteiger partial charge on any atom is 0.341 e. The van der Waals surface area contributed by atoms with E-state index in [2.05, 4.69) is 0 Å². The van der Waals surface area contributed by atoms with Crippen LogP contribution in [0.1, 0.15) is 5.56 Å². The Hall–Kier alpha value is -3.48. The normalized spacial score (nSPS) is 10.6. The second-order valence-electron chi connectivity index (χ2n) is 5.84. The smallest absolute Gasteiger partial charge is 0.341 e. The summed E-state index contributed by atoms with van der Waals surface area (Å²) in [4.78, 5) is 23.8. The van der Waals surface area contributed by atoms with E-state index in [1.807, 2.05) is 6.92 Å². The highest BCUT2D eigenvalue weighted by Crippen LogP contribution is 2.36. The standard InChI is InChI=1S/C20H18O7/c1-11-4-6-13-15(8-11)27-19(20(18(13)23)26-10-17(21)22)12-5-7-14(24-2)16(9-12)25-3/h4-9H,10H2,1-3H3,(H,21,22). The van der Waals surface area contributed by atoms with E-state index in [1.165, 1.54) is 14.2 Å². The van der Waals surface area contributed by atoms with Gasteiger partial charge >= 0.3 is 5.97 Å². The third-order valence-electron chi connectivity index (χ3n) is 3.99. The van der Waals surface area contributed by atoms with Crippen molar-refractivity contribution in [2.75, 3.05) is 20.8 Å². The van der Waals surface area contributed by atoms with Crippen LogP contribution in [0.4, 0.5) is 0 Å². The number of carboxylic acid groups (broad SMARTS) is 1. The molecule has 0 saturated carbocycles. The van der Waals surface area contributed by atoms with Crippen LogP contribution in [0.5, 0.6) is 17.2 Å². The third-order valence-corrected chi connectivity index (χ3v) is 3.99. The Bertz CT molecular complexity index is 1070. The molecule has 140 valence electrons. The van der Waals surface area contributed by atoms with Gasteiger partial charge in [-0.15, -0.1) is 0 Å². The van der Waals surface area contributed by atoms with Crippen molar-refractivity contribution in [1.29, 1.82) is 0 Å². The lowest BCUT2D eigenvalue weighted by Gasteiger charge is -2.13. The van der Waals surface area contributed by atoms with Crippen LogP contribution in [0.25, 0.3) is 22.3 Å². The van der Waals surface area contributed by atoms with Gasteiger partial charge < -0.3 is 23.7 Å². The monoisotopic (exact) mass is 370 g/mol. The van der Waals surface area contributed by atoms with Crippen molar-refractivity contribution >= 4 is 16.9 Å². The first kappa shape index (κ1) is 18.3. The van der Waals surface area contributed by atoms with Crippen molar-refractivity contribution in [1.82, 2.24) is 0 Å². The van der Waals surface area contributed by atoms with E-state index in [4.69, 9.17) is 23.7 Å². The molecule has 0 aliphatic heterocycles. The average Bonchev–Trinajstić information content (AvgIpc) is 2.66. The van der Waals surface area contributed by atoms with E-state index in [1.54, 1.807) is 36.4 Å². The van der Waals surface area contributed by atoms with Gasteiger partial charge in [-0.3, -0.25) is 4.79 Å². The number of hydrogen-bond donors (Lipinski definition) is 1. The Morgan fingerprint density at radius 1 is 1.07 bits per heavy atom. The van der Waals surface area contributed by atoms with Crippen molar-refractivity contribution in [3.05, 3.63) is 52.2 Å². The van der Waals surface area contributed by atoms with Gasteiger partial charge in [-0.25, -0.2) is 4.79 Å². The number of aliphatic carboxylic acids is 1. The minimum atomic E-state index is -1.20. The first-order valence-corrected chi connectivity index (χ1v) is 8.09. The largest absolute Gasteiger partial charge is 0.493 e. The molecule has 3 rings (SSSR count). The van der Waals surface area contributed by atoms with E-state index < -0.39 is 18.0 Å². The summed E-state index contributed by atoms with van der Waals surface area (Å²) in [6.45, 7) is 1.22. The van der Waals surface area contributed by atoms with Crippen molar-refractivity contribution in [2.45, 2.75) is 6.92 Å². The van der Waals surface area contributed by atoms with E-state index in [-0.39, 0.29) is 11.5 Å². The fraction of sp³-hybridized carbons (Fsp3) is 0.200. The number of methoxy groups -OCH3 is 2. The van der Waals surface area contributed by atoms with Gasteiger partial charge in [0.2, 0.25) is 11.2 Å². The van der Waals surface area contributed by atoms with Crippen LogP contribution in [0.3, 0.4) is 0 Å². The van der Waals surface area contributed by atoms with Gasteiger partial charge in [-0.2, -0.15) is 0 Å². The Kier molecular flexibility index (Phi) is 5.03. The molecular formula is C20H18O7. The summed E-state index contributed by atoms with van der Waals surface area (Å²) in [5.41, 5.74) is 1.35. The van der Waals surface area contributed by atoms with Crippen LogP contribution in [0.2, 0.25) is 0 Å². The summed E-state index contributed by atoms with van der Waals surface area (Å²) in [7, 11) is 3.00. The van der Waals surface area contributed by atoms with Crippen LogP contribution in [-0.4, -0.2) is 31.9 Å². The molecule has 27 heavy (non-hydrogen) atoms. The minimum Gasteiger partial charge on any atom is -0.493 e. The van der Waals surface area contributed by atoms with E-state index >= 15 is 0 Å². The molecular weight excluding hydrogens is 352 g/mol. The predicted octanol–water partition coefficient (Wildman–Crippen LogP) is 3.25.